The summed E-state index contributed by atoms with van der Waals surface area (Å²) in [7, 11) is 5.39. The Kier molecular flexibility index (Phi) is 3.46. The Morgan fingerprint density at radius 3 is 2.64 bits per heavy atom. The molecule has 78 valence electrons. The molecule has 0 saturated carbocycles. The van der Waals surface area contributed by atoms with Gasteiger partial charge in [0.15, 0.2) is 5.13 Å². The van der Waals surface area contributed by atoms with Gasteiger partial charge in [-0.2, -0.15) is 4.98 Å². The van der Waals surface area contributed by atoms with Gasteiger partial charge in [-0.25, -0.2) is 0 Å². The van der Waals surface area contributed by atoms with Crippen LogP contribution in [0.25, 0.3) is 0 Å². The third-order valence-corrected chi connectivity index (χ3v) is 2.84. The van der Waals surface area contributed by atoms with Crippen molar-refractivity contribution >= 4 is 22.3 Å². The molecule has 0 atom stereocenters. The van der Waals surface area contributed by atoms with Crippen LogP contribution in [-0.2, 0) is 11.2 Å². The van der Waals surface area contributed by atoms with Crippen molar-refractivity contribution in [1.82, 2.24) is 4.98 Å². The number of Topliss-reactive ketones (excluding diaryl/α,β-unsaturated/α-hetero) is 1. The van der Waals surface area contributed by atoms with Crippen LogP contribution < -0.4 is 9.64 Å². The van der Waals surface area contributed by atoms with Gasteiger partial charge in [-0.05, 0) is 6.92 Å². The highest BCUT2D eigenvalue weighted by atomic mass is 32.1. The average molecular weight is 214 g/mol. The van der Waals surface area contributed by atoms with Gasteiger partial charge in [0.05, 0.1) is 12.0 Å². The largest absolute Gasteiger partial charge is 0.480 e. The second-order valence-corrected chi connectivity index (χ2v) is 4.26. The van der Waals surface area contributed by atoms with Crippen LogP contribution in [0.2, 0.25) is 0 Å². The van der Waals surface area contributed by atoms with E-state index in [-0.39, 0.29) is 5.78 Å². The van der Waals surface area contributed by atoms with Gasteiger partial charge in [0.25, 0.3) is 0 Å². The van der Waals surface area contributed by atoms with E-state index >= 15 is 0 Å². The highest BCUT2D eigenvalue weighted by Gasteiger charge is 2.14. The molecule has 0 N–H and O–H groups in total. The van der Waals surface area contributed by atoms with E-state index in [1.165, 1.54) is 11.3 Å². The van der Waals surface area contributed by atoms with Gasteiger partial charge in [0, 0.05) is 20.5 Å². The van der Waals surface area contributed by atoms with E-state index in [9.17, 15) is 4.79 Å². The summed E-state index contributed by atoms with van der Waals surface area (Å²) in [6, 6.07) is 0. The molecule has 1 aromatic rings. The number of carbonyl (C=O) groups is 1. The average Bonchev–Trinajstić information content (AvgIpc) is 2.46. The molecule has 0 aliphatic rings. The molecule has 0 spiro atoms. The maximum atomic E-state index is 11.0. The van der Waals surface area contributed by atoms with Crippen molar-refractivity contribution in [2.75, 3.05) is 26.1 Å². The predicted octanol–water partition coefficient (Wildman–Crippen LogP) is 1.35. The van der Waals surface area contributed by atoms with Crippen molar-refractivity contribution in [3.63, 3.8) is 0 Å². The highest BCUT2D eigenvalue weighted by Crippen LogP contribution is 2.30. The summed E-state index contributed by atoms with van der Waals surface area (Å²) in [4.78, 5) is 18.0. The minimum absolute atomic E-state index is 0.122. The molecule has 0 aliphatic carbocycles. The minimum Gasteiger partial charge on any atom is -0.480 e. The molecule has 0 bridgehead atoms. The molecule has 14 heavy (non-hydrogen) atoms. The first-order valence-corrected chi connectivity index (χ1v) is 5.06. The molecule has 0 unspecified atom stereocenters. The van der Waals surface area contributed by atoms with Crippen LogP contribution in [0.5, 0.6) is 5.88 Å². The molecule has 0 fully saturated rings. The SMILES string of the molecule is COc1nc(N(C)C)sc1CC(C)=O. The fraction of sp³-hybridized carbons (Fsp3) is 0.556. The van der Waals surface area contributed by atoms with Crippen molar-refractivity contribution in [1.29, 1.82) is 0 Å². The van der Waals surface area contributed by atoms with Crippen LogP contribution >= 0.6 is 11.3 Å². The third-order valence-electron chi connectivity index (χ3n) is 1.64. The van der Waals surface area contributed by atoms with Crippen molar-refractivity contribution in [2.24, 2.45) is 0 Å². The topological polar surface area (TPSA) is 42.4 Å². The standard InChI is InChI=1S/C9H14N2O2S/c1-6(12)5-7-8(13-4)10-9(14-7)11(2)3/h5H2,1-4H3. The molecular formula is C9H14N2O2S. The number of thiazole rings is 1. The van der Waals surface area contributed by atoms with Crippen LogP contribution in [0, 0.1) is 0 Å². The monoisotopic (exact) mass is 214 g/mol. The number of ether oxygens (including phenoxy) is 1. The molecule has 0 aromatic carbocycles. The van der Waals surface area contributed by atoms with Crippen molar-refractivity contribution < 1.29 is 9.53 Å². The predicted molar refractivity (Wildman–Crippen MR) is 57.4 cm³/mol. The van der Waals surface area contributed by atoms with Gasteiger partial charge in [0.1, 0.15) is 5.78 Å². The van der Waals surface area contributed by atoms with Crippen LogP contribution in [0.4, 0.5) is 5.13 Å². The Balaban J connectivity index is 2.96. The highest BCUT2D eigenvalue weighted by molar-refractivity contribution is 7.16. The zero-order valence-corrected chi connectivity index (χ0v) is 9.64. The van der Waals surface area contributed by atoms with Gasteiger partial charge in [-0.1, -0.05) is 11.3 Å². The van der Waals surface area contributed by atoms with Crippen LogP contribution in [0.15, 0.2) is 0 Å². The summed E-state index contributed by atoms with van der Waals surface area (Å²) in [5.41, 5.74) is 0. The quantitative estimate of drug-likeness (QED) is 0.758. The first-order valence-electron chi connectivity index (χ1n) is 4.25. The molecule has 4 nitrogen and oxygen atoms in total. The Morgan fingerprint density at radius 2 is 2.21 bits per heavy atom. The van der Waals surface area contributed by atoms with Crippen LogP contribution in [-0.4, -0.2) is 32.0 Å². The molecule has 0 saturated heterocycles. The lowest BCUT2D eigenvalue weighted by Gasteiger charge is -2.04. The molecule has 1 aromatic heterocycles. The number of anilines is 1. The summed E-state index contributed by atoms with van der Waals surface area (Å²) >= 11 is 1.49. The number of nitrogens with zero attached hydrogens (tertiary/aromatic N) is 2. The fourth-order valence-electron chi connectivity index (χ4n) is 1.01. The van der Waals surface area contributed by atoms with Crippen molar-refractivity contribution in [3.05, 3.63) is 4.88 Å². The summed E-state index contributed by atoms with van der Waals surface area (Å²) in [6.45, 7) is 1.56. The van der Waals surface area contributed by atoms with Gasteiger partial charge >= 0.3 is 0 Å². The first-order chi connectivity index (χ1) is 6.54. The number of rotatable bonds is 4. The summed E-state index contributed by atoms with van der Waals surface area (Å²) in [6.07, 6.45) is 0.397. The smallest absolute Gasteiger partial charge is 0.229 e. The molecule has 0 amide bonds. The Morgan fingerprint density at radius 1 is 1.57 bits per heavy atom. The van der Waals surface area contributed by atoms with Crippen molar-refractivity contribution in [2.45, 2.75) is 13.3 Å². The second-order valence-electron chi connectivity index (χ2n) is 3.20. The van der Waals surface area contributed by atoms with Crippen LogP contribution in [0.1, 0.15) is 11.8 Å². The molecule has 5 heteroatoms. The van der Waals surface area contributed by atoms with E-state index in [1.54, 1.807) is 14.0 Å². The van der Waals surface area contributed by atoms with Gasteiger partial charge in [0.2, 0.25) is 5.88 Å². The number of carbonyl (C=O) groups excluding carboxylic acids is 1. The van der Waals surface area contributed by atoms with E-state index < -0.39 is 0 Å². The number of hydrogen-bond donors (Lipinski definition) is 0. The lowest BCUT2D eigenvalue weighted by atomic mass is 10.3. The molecule has 1 rings (SSSR count). The lowest BCUT2D eigenvalue weighted by molar-refractivity contribution is -0.116. The zero-order chi connectivity index (χ0) is 10.7. The first kappa shape index (κ1) is 11.0. The number of methoxy groups -OCH3 is 1. The van der Waals surface area contributed by atoms with E-state index in [1.807, 2.05) is 19.0 Å². The fourth-order valence-corrected chi connectivity index (χ4v) is 2.04. The number of ketones is 1. The minimum atomic E-state index is 0.122. The van der Waals surface area contributed by atoms with E-state index in [4.69, 9.17) is 4.74 Å². The Hall–Kier alpha value is -1.10. The summed E-state index contributed by atoms with van der Waals surface area (Å²) in [5, 5.41) is 0.859. The summed E-state index contributed by atoms with van der Waals surface area (Å²) < 4.78 is 5.10. The van der Waals surface area contributed by atoms with Gasteiger partial charge in [-0.3, -0.25) is 4.79 Å². The maximum absolute atomic E-state index is 11.0. The third kappa shape index (κ3) is 2.45. The van der Waals surface area contributed by atoms with Crippen molar-refractivity contribution in [3.8, 4) is 5.88 Å². The molecule has 1 heterocycles. The van der Waals surface area contributed by atoms with E-state index in [0.717, 1.165) is 10.0 Å². The molecule has 0 aliphatic heterocycles. The zero-order valence-electron chi connectivity index (χ0n) is 8.83. The normalized spacial score (nSPS) is 10.0. The van der Waals surface area contributed by atoms with E-state index in [0.29, 0.717) is 12.3 Å². The van der Waals surface area contributed by atoms with Gasteiger partial charge < -0.3 is 9.64 Å². The number of hydrogen-bond acceptors (Lipinski definition) is 5. The number of aromatic nitrogens is 1. The lowest BCUT2D eigenvalue weighted by Crippen LogP contribution is -2.07. The molecule has 0 radical (unpaired) electrons. The molecular weight excluding hydrogens is 200 g/mol. The Bertz CT molecular complexity index is 334. The summed E-state index contributed by atoms with van der Waals surface area (Å²) in [5.74, 6) is 0.686. The Labute approximate surface area is 87.5 Å². The maximum Gasteiger partial charge on any atom is 0.229 e. The van der Waals surface area contributed by atoms with E-state index in [2.05, 4.69) is 4.98 Å². The van der Waals surface area contributed by atoms with Crippen LogP contribution in [0.3, 0.4) is 0 Å². The van der Waals surface area contributed by atoms with Gasteiger partial charge in [-0.15, -0.1) is 0 Å². The second kappa shape index (κ2) is 4.41.